The second kappa shape index (κ2) is 8.19. The van der Waals surface area contributed by atoms with Crippen LogP contribution in [0.3, 0.4) is 0 Å². The number of allylic oxidation sites excluding steroid dienone is 1. The first-order valence-electron chi connectivity index (χ1n) is 11.6. The molecule has 0 saturated heterocycles. The zero-order chi connectivity index (χ0) is 27.0. The number of aliphatic hydroxyl groups excluding tert-OH is 3. The Balaban J connectivity index is 1.70. The molecule has 37 heavy (non-hydrogen) atoms. The molecule has 7 N–H and O–H groups in total. The lowest BCUT2D eigenvalue weighted by Gasteiger charge is -2.50. The SMILES string of the molecule is COc1ccc(-c2ccc3c(c2O)C(=O)C2=C(O)[C@]4(O)C(=O)C(C(N)=O)=C(O)C[C@@H]4[C@@H](O)[C@@H]2[C@H]3C)cc1. The average molecular weight is 507 g/mol. The van der Waals surface area contributed by atoms with Crippen LogP contribution in [0.1, 0.15) is 35.2 Å². The van der Waals surface area contributed by atoms with Gasteiger partial charge in [0.15, 0.2) is 11.4 Å². The zero-order valence-corrected chi connectivity index (χ0v) is 19.9. The van der Waals surface area contributed by atoms with Crippen molar-refractivity contribution < 1.29 is 44.7 Å². The van der Waals surface area contributed by atoms with Gasteiger partial charge in [-0.15, -0.1) is 0 Å². The van der Waals surface area contributed by atoms with Gasteiger partial charge in [-0.25, -0.2) is 0 Å². The molecule has 10 heteroatoms. The minimum absolute atomic E-state index is 0.135. The molecule has 0 saturated carbocycles. The Morgan fingerprint density at radius 1 is 1.08 bits per heavy atom. The fraction of sp³-hybridized carbons (Fsp3) is 0.296. The Bertz CT molecular complexity index is 1440. The molecule has 0 unspecified atom stereocenters. The normalized spacial score (nSPS) is 29.0. The maximum absolute atomic E-state index is 13.8. The molecule has 0 radical (unpaired) electrons. The summed E-state index contributed by atoms with van der Waals surface area (Å²) in [5.41, 5.74) is 2.18. The third kappa shape index (κ3) is 3.15. The summed E-state index contributed by atoms with van der Waals surface area (Å²) in [4.78, 5) is 38.7. The number of phenols is 1. The van der Waals surface area contributed by atoms with E-state index in [1.165, 1.54) is 7.11 Å². The third-order valence-electron chi connectivity index (χ3n) is 7.90. The molecular weight excluding hydrogens is 482 g/mol. The van der Waals surface area contributed by atoms with Gasteiger partial charge in [-0.3, -0.25) is 14.4 Å². The largest absolute Gasteiger partial charge is 0.511 e. The van der Waals surface area contributed by atoms with E-state index in [-0.39, 0.29) is 11.3 Å². The van der Waals surface area contributed by atoms with Gasteiger partial charge in [-0.2, -0.15) is 0 Å². The number of ether oxygens (including phenoxy) is 1. The molecule has 5 rings (SSSR count). The van der Waals surface area contributed by atoms with Gasteiger partial charge < -0.3 is 36.0 Å². The lowest BCUT2D eigenvalue weighted by Crippen LogP contribution is -2.62. The number of carbonyl (C=O) groups excluding carboxylic acids is 3. The minimum atomic E-state index is -2.86. The molecule has 1 amide bonds. The van der Waals surface area contributed by atoms with Crippen LogP contribution in [-0.2, 0) is 9.59 Å². The van der Waals surface area contributed by atoms with Crippen LogP contribution in [0.25, 0.3) is 11.1 Å². The van der Waals surface area contributed by atoms with E-state index >= 15 is 0 Å². The predicted octanol–water partition coefficient (Wildman–Crippen LogP) is 1.79. The van der Waals surface area contributed by atoms with E-state index in [0.717, 1.165) is 0 Å². The van der Waals surface area contributed by atoms with Gasteiger partial charge in [0.2, 0.25) is 5.78 Å². The summed E-state index contributed by atoms with van der Waals surface area (Å²) in [6.45, 7) is 1.68. The highest BCUT2D eigenvalue weighted by atomic mass is 16.5. The Hall–Kier alpha value is -4.15. The van der Waals surface area contributed by atoms with Crippen molar-refractivity contribution in [2.45, 2.75) is 31.0 Å². The first-order valence-corrected chi connectivity index (χ1v) is 11.6. The van der Waals surface area contributed by atoms with Gasteiger partial charge in [0.05, 0.1) is 18.8 Å². The molecular formula is C27H25NO9. The number of hydrogen-bond donors (Lipinski definition) is 6. The number of fused-ring (bicyclic) bond motifs is 3. The Kier molecular flexibility index (Phi) is 5.43. The molecule has 0 fully saturated rings. The van der Waals surface area contributed by atoms with E-state index in [1.54, 1.807) is 43.3 Å². The number of carbonyl (C=O) groups is 3. The topological polar surface area (TPSA) is 188 Å². The molecule has 0 heterocycles. The van der Waals surface area contributed by atoms with Crippen molar-refractivity contribution in [1.82, 2.24) is 0 Å². The third-order valence-corrected chi connectivity index (χ3v) is 7.90. The molecule has 0 bridgehead atoms. The summed E-state index contributed by atoms with van der Waals surface area (Å²) in [6, 6.07) is 10.0. The summed E-state index contributed by atoms with van der Waals surface area (Å²) < 4.78 is 5.16. The number of methoxy groups -OCH3 is 1. The maximum Gasteiger partial charge on any atom is 0.255 e. The smallest absolute Gasteiger partial charge is 0.255 e. The van der Waals surface area contributed by atoms with Crippen molar-refractivity contribution in [3.8, 4) is 22.6 Å². The molecule has 0 aliphatic heterocycles. The second-order valence-corrected chi connectivity index (χ2v) is 9.64. The molecule has 0 aromatic heterocycles. The molecule has 192 valence electrons. The van der Waals surface area contributed by atoms with E-state index in [2.05, 4.69) is 0 Å². The fourth-order valence-electron chi connectivity index (χ4n) is 6.00. The van der Waals surface area contributed by atoms with E-state index in [0.29, 0.717) is 22.4 Å². The predicted molar refractivity (Wildman–Crippen MR) is 129 cm³/mol. The fourth-order valence-corrected chi connectivity index (χ4v) is 6.00. The summed E-state index contributed by atoms with van der Waals surface area (Å²) in [5, 5.41) is 55.3. The van der Waals surface area contributed by atoms with Gasteiger partial charge in [0, 0.05) is 29.4 Å². The van der Waals surface area contributed by atoms with Crippen molar-refractivity contribution in [3.63, 3.8) is 0 Å². The molecule has 3 aliphatic rings. The number of nitrogens with two attached hydrogens (primary N) is 1. The standard InChI is InChI=1S/C27H25NO9/c1-10-13-7-8-14(11-3-5-12(37-2)6-4-11)21(30)18(13)23(32)20-17(10)22(31)15-9-16(29)19(26(28)35)24(33)27(15,36)25(20)34/h3-8,10,15,17,22,29-31,34,36H,9H2,1-2H3,(H2,28,35)/t10-,15+,17+,22+,27+/m0/s1. The summed E-state index contributed by atoms with van der Waals surface area (Å²) in [5.74, 6) is -8.26. The van der Waals surface area contributed by atoms with Gasteiger partial charge in [-0.05, 0) is 29.2 Å². The second-order valence-electron chi connectivity index (χ2n) is 9.64. The van der Waals surface area contributed by atoms with Crippen LogP contribution in [0.5, 0.6) is 11.5 Å². The van der Waals surface area contributed by atoms with Gasteiger partial charge in [0.25, 0.3) is 5.91 Å². The lowest BCUT2D eigenvalue weighted by molar-refractivity contribution is -0.154. The van der Waals surface area contributed by atoms with Gasteiger partial charge in [0.1, 0.15) is 28.6 Å². The molecule has 10 nitrogen and oxygen atoms in total. The van der Waals surface area contributed by atoms with E-state index in [4.69, 9.17) is 10.5 Å². The van der Waals surface area contributed by atoms with Crippen molar-refractivity contribution in [1.29, 1.82) is 0 Å². The van der Waals surface area contributed by atoms with Crippen LogP contribution in [0.15, 0.2) is 59.1 Å². The molecule has 5 atom stereocenters. The van der Waals surface area contributed by atoms with Crippen LogP contribution in [0.4, 0.5) is 0 Å². The summed E-state index contributed by atoms with van der Waals surface area (Å²) in [7, 11) is 1.51. The van der Waals surface area contributed by atoms with Crippen LogP contribution in [0, 0.1) is 11.8 Å². The number of hydrogen-bond acceptors (Lipinski definition) is 9. The number of primary amides is 1. The quantitative estimate of drug-likeness (QED) is 0.337. The number of amides is 1. The van der Waals surface area contributed by atoms with Gasteiger partial charge >= 0.3 is 0 Å². The first kappa shape index (κ1) is 24.5. The number of rotatable bonds is 3. The van der Waals surface area contributed by atoms with Crippen LogP contribution < -0.4 is 10.5 Å². The minimum Gasteiger partial charge on any atom is -0.511 e. The Morgan fingerprint density at radius 2 is 1.73 bits per heavy atom. The van der Waals surface area contributed by atoms with E-state index in [1.807, 2.05) is 0 Å². The molecule has 2 aromatic carbocycles. The Labute approximate surface area is 210 Å². The van der Waals surface area contributed by atoms with E-state index < -0.39 is 76.0 Å². The molecule has 0 spiro atoms. The summed E-state index contributed by atoms with van der Waals surface area (Å²) >= 11 is 0. The van der Waals surface area contributed by atoms with E-state index in [9.17, 15) is 39.9 Å². The highest BCUT2D eigenvalue weighted by Gasteiger charge is 2.64. The van der Waals surface area contributed by atoms with Gasteiger partial charge in [-0.1, -0.05) is 31.2 Å². The molecule has 3 aliphatic carbocycles. The highest BCUT2D eigenvalue weighted by Crippen LogP contribution is 2.55. The first-order chi connectivity index (χ1) is 17.4. The number of benzene rings is 2. The van der Waals surface area contributed by atoms with Crippen molar-refractivity contribution >= 4 is 17.5 Å². The number of Topliss-reactive ketones (excluding diaryl/α,β-unsaturated/α-hetero) is 2. The highest BCUT2D eigenvalue weighted by molar-refractivity contribution is 6.24. The van der Waals surface area contributed by atoms with Crippen molar-refractivity contribution in [2.24, 2.45) is 17.6 Å². The van der Waals surface area contributed by atoms with Crippen LogP contribution in [0.2, 0.25) is 0 Å². The monoisotopic (exact) mass is 507 g/mol. The lowest BCUT2D eigenvalue weighted by atomic mass is 9.56. The Morgan fingerprint density at radius 3 is 2.32 bits per heavy atom. The zero-order valence-electron chi connectivity index (χ0n) is 19.9. The maximum atomic E-state index is 13.8. The van der Waals surface area contributed by atoms with Crippen LogP contribution in [-0.4, -0.2) is 61.8 Å². The number of ketones is 2. The number of aliphatic hydroxyl groups is 4. The van der Waals surface area contributed by atoms with Crippen molar-refractivity contribution in [3.05, 3.63) is 70.2 Å². The number of phenolic OH excluding ortho intramolecular Hbond substituents is 1. The summed E-state index contributed by atoms with van der Waals surface area (Å²) in [6.07, 6.45) is -2.09. The average Bonchev–Trinajstić information content (AvgIpc) is 2.86. The van der Waals surface area contributed by atoms with Crippen molar-refractivity contribution in [2.75, 3.05) is 7.11 Å². The number of aromatic hydroxyl groups is 1. The van der Waals surface area contributed by atoms with Crippen LogP contribution >= 0.6 is 0 Å². The molecule has 2 aromatic rings.